The fourth-order valence-corrected chi connectivity index (χ4v) is 4.06. The van der Waals surface area contributed by atoms with Crippen LogP contribution in [0, 0.1) is 0 Å². The van der Waals surface area contributed by atoms with E-state index < -0.39 is 7.82 Å². The van der Waals surface area contributed by atoms with Crippen LogP contribution in [-0.4, -0.2) is 42.6 Å². The summed E-state index contributed by atoms with van der Waals surface area (Å²) >= 11 is 1.20. The molecule has 0 aliphatic heterocycles. The van der Waals surface area contributed by atoms with Crippen molar-refractivity contribution < 1.29 is 37.8 Å². The van der Waals surface area contributed by atoms with Crippen molar-refractivity contribution >= 4 is 19.4 Å². The molecule has 0 fully saturated rings. The van der Waals surface area contributed by atoms with Gasteiger partial charge in [-0.3, -0.25) is 9.79 Å². The lowest BCUT2D eigenvalue weighted by Gasteiger charge is -2.15. The smallest absolute Gasteiger partial charge is 0.497 e. The number of nitrogens with zero attached hydrogens (tertiary/aromatic N) is 1. The van der Waals surface area contributed by atoms with Crippen LogP contribution in [-0.2, 0) is 4.57 Å². The molecule has 1 aromatic heterocycles. The molecule has 0 aliphatic carbocycles. The molecule has 0 saturated heterocycles. The molecule has 3 aromatic rings. The van der Waals surface area contributed by atoms with Crippen LogP contribution in [0.2, 0.25) is 0 Å². The van der Waals surface area contributed by atoms with Gasteiger partial charge in [-0.25, -0.2) is 4.57 Å². The van der Waals surface area contributed by atoms with Gasteiger partial charge in [0.1, 0.15) is 11.5 Å². The first-order chi connectivity index (χ1) is 14.3. The number of phosphoric acid groups is 1. The molecule has 0 radical (unpaired) electrons. The molecule has 0 atom stereocenters. The summed E-state index contributed by atoms with van der Waals surface area (Å²) in [5.41, 5.74) is 1.77. The summed E-state index contributed by atoms with van der Waals surface area (Å²) in [4.78, 5) is 19.4. The maximum Gasteiger partial charge on any atom is 0.524 e. The number of aromatic nitrogens is 1. The fraction of sp³-hybridized carbons (Fsp3) is 0.211. The summed E-state index contributed by atoms with van der Waals surface area (Å²) in [6.07, 6.45) is 1.59. The van der Waals surface area contributed by atoms with Gasteiger partial charge in [0.25, 0.3) is 0 Å². The molecule has 0 saturated carbocycles. The normalized spacial score (nSPS) is 11.1. The quantitative estimate of drug-likeness (QED) is 0.489. The van der Waals surface area contributed by atoms with E-state index in [4.69, 9.17) is 23.5 Å². The summed E-state index contributed by atoms with van der Waals surface area (Å²) in [6, 6.07) is 8.26. The number of hydrogen-bond acceptors (Lipinski definition) is 8. The Balaban J connectivity index is 2.18. The Bertz CT molecular complexity index is 1070. The molecule has 160 valence electrons. The zero-order valence-corrected chi connectivity index (χ0v) is 18.3. The van der Waals surface area contributed by atoms with Crippen molar-refractivity contribution in [2.24, 2.45) is 0 Å². The summed E-state index contributed by atoms with van der Waals surface area (Å²) in [5, 5.41) is 0. The van der Waals surface area contributed by atoms with Gasteiger partial charge >= 0.3 is 7.82 Å². The Labute approximate surface area is 177 Å². The third kappa shape index (κ3) is 4.52. The first-order valence-electron chi connectivity index (χ1n) is 8.50. The number of methoxy groups -OCH3 is 4. The minimum atomic E-state index is -4.80. The topological polar surface area (TPSA) is 117 Å². The molecule has 2 N–H and O–H groups in total. The lowest BCUT2D eigenvalue weighted by atomic mass is 10.0. The molecule has 0 amide bonds. The molecule has 0 spiro atoms. The predicted octanol–water partition coefficient (Wildman–Crippen LogP) is 3.98. The van der Waals surface area contributed by atoms with E-state index in [0.717, 1.165) is 10.4 Å². The standard InChI is InChI=1S/C19H20NO8PS/c1-24-12-5-6-13(15(9-12)28-29(21,22)23)14-10-20-30-19(14)11-7-16(25-2)18(27-4)17(8-11)26-3/h5-10H,1-4H3,(H2,21,22,23). The van der Waals surface area contributed by atoms with Gasteiger partial charge < -0.3 is 23.5 Å². The van der Waals surface area contributed by atoms with Crippen LogP contribution in [0.15, 0.2) is 36.5 Å². The van der Waals surface area contributed by atoms with Gasteiger partial charge in [0.15, 0.2) is 11.5 Å². The van der Waals surface area contributed by atoms with Crippen molar-refractivity contribution in [3.05, 3.63) is 36.5 Å². The molecule has 2 aromatic carbocycles. The summed E-state index contributed by atoms with van der Waals surface area (Å²) in [6.45, 7) is 0. The van der Waals surface area contributed by atoms with Crippen LogP contribution >= 0.6 is 19.4 Å². The van der Waals surface area contributed by atoms with Gasteiger partial charge in [-0.2, -0.15) is 4.37 Å². The SMILES string of the molecule is COc1ccc(-c2cnsc2-c2cc(OC)c(OC)c(OC)c2)c(OP(=O)(O)O)c1. The molecule has 9 nitrogen and oxygen atoms in total. The van der Waals surface area contributed by atoms with Crippen molar-refractivity contribution in [2.45, 2.75) is 0 Å². The Morgan fingerprint density at radius 1 is 0.867 bits per heavy atom. The molecule has 0 aliphatic rings. The van der Waals surface area contributed by atoms with E-state index in [0.29, 0.717) is 34.1 Å². The molecule has 0 bridgehead atoms. The number of hydrogen-bond donors (Lipinski definition) is 2. The fourth-order valence-electron chi connectivity index (χ4n) is 2.91. The monoisotopic (exact) mass is 453 g/mol. The summed E-state index contributed by atoms with van der Waals surface area (Å²) < 4.78 is 42.0. The highest BCUT2D eigenvalue weighted by Crippen LogP contribution is 2.48. The Morgan fingerprint density at radius 2 is 1.53 bits per heavy atom. The van der Waals surface area contributed by atoms with Gasteiger partial charge in [0.05, 0.1) is 33.3 Å². The van der Waals surface area contributed by atoms with E-state index in [2.05, 4.69) is 4.37 Å². The number of phosphoric ester groups is 1. The lowest BCUT2D eigenvalue weighted by Crippen LogP contribution is -1.96. The Kier molecular flexibility index (Phi) is 6.52. The number of ether oxygens (including phenoxy) is 4. The molecular weight excluding hydrogens is 433 g/mol. The van der Waals surface area contributed by atoms with Crippen LogP contribution in [0.1, 0.15) is 0 Å². The van der Waals surface area contributed by atoms with Crippen molar-refractivity contribution in [3.63, 3.8) is 0 Å². The zero-order valence-electron chi connectivity index (χ0n) is 16.6. The first kappa shape index (κ1) is 21.9. The highest BCUT2D eigenvalue weighted by Gasteiger charge is 2.23. The highest BCUT2D eigenvalue weighted by molar-refractivity contribution is 7.46. The largest absolute Gasteiger partial charge is 0.524 e. The minimum absolute atomic E-state index is 0.0309. The van der Waals surface area contributed by atoms with E-state index in [9.17, 15) is 14.4 Å². The molecule has 0 unspecified atom stereocenters. The molecule has 3 rings (SSSR count). The average Bonchev–Trinajstić information content (AvgIpc) is 3.20. The lowest BCUT2D eigenvalue weighted by molar-refractivity contribution is 0.283. The zero-order chi connectivity index (χ0) is 21.9. The summed E-state index contributed by atoms with van der Waals surface area (Å²) in [5.74, 6) is 1.74. The molecular formula is C19H20NO8PS. The van der Waals surface area contributed by atoms with Crippen molar-refractivity contribution in [3.8, 4) is 50.3 Å². The van der Waals surface area contributed by atoms with Gasteiger partial charge in [-0.1, -0.05) is 0 Å². The highest BCUT2D eigenvalue weighted by atomic mass is 32.1. The van der Waals surface area contributed by atoms with E-state index >= 15 is 0 Å². The second-order valence-corrected chi connectivity index (χ2v) is 7.89. The second-order valence-electron chi connectivity index (χ2n) is 5.93. The third-order valence-corrected chi connectivity index (χ3v) is 5.48. The average molecular weight is 453 g/mol. The molecule has 1 heterocycles. The van der Waals surface area contributed by atoms with Gasteiger partial charge in [-0.05, 0) is 35.8 Å². The van der Waals surface area contributed by atoms with Gasteiger partial charge in [-0.15, -0.1) is 0 Å². The van der Waals surface area contributed by atoms with Gasteiger partial charge in [0.2, 0.25) is 5.75 Å². The molecule has 30 heavy (non-hydrogen) atoms. The predicted molar refractivity (Wildman–Crippen MR) is 112 cm³/mol. The second kappa shape index (κ2) is 8.93. The van der Waals surface area contributed by atoms with Crippen LogP contribution in [0.5, 0.6) is 28.7 Å². The van der Waals surface area contributed by atoms with E-state index in [1.165, 1.54) is 46.0 Å². The summed E-state index contributed by atoms with van der Waals surface area (Å²) in [7, 11) is 1.20. The minimum Gasteiger partial charge on any atom is -0.497 e. The number of benzene rings is 2. The first-order valence-corrected chi connectivity index (χ1v) is 10.8. The maximum atomic E-state index is 11.5. The van der Waals surface area contributed by atoms with E-state index in [1.807, 2.05) is 0 Å². The Hall–Kier alpha value is -2.78. The van der Waals surface area contributed by atoms with Crippen LogP contribution < -0.4 is 23.5 Å². The molecule has 11 heteroatoms. The van der Waals surface area contributed by atoms with Crippen molar-refractivity contribution in [1.29, 1.82) is 0 Å². The van der Waals surface area contributed by atoms with Crippen LogP contribution in [0.4, 0.5) is 0 Å². The number of rotatable bonds is 8. The van der Waals surface area contributed by atoms with Crippen molar-refractivity contribution in [2.75, 3.05) is 28.4 Å². The third-order valence-electron chi connectivity index (χ3n) is 4.19. The van der Waals surface area contributed by atoms with E-state index in [1.54, 1.807) is 30.5 Å². The van der Waals surface area contributed by atoms with Gasteiger partial charge in [0, 0.05) is 29.0 Å². The maximum absolute atomic E-state index is 11.5. The van der Waals surface area contributed by atoms with Crippen LogP contribution in [0.25, 0.3) is 21.6 Å². The van der Waals surface area contributed by atoms with E-state index in [-0.39, 0.29) is 5.75 Å². The van der Waals surface area contributed by atoms with Crippen LogP contribution in [0.3, 0.4) is 0 Å². The Morgan fingerprint density at radius 3 is 2.07 bits per heavy atom. The van der Waals surface area contributed by atoms with Crippen molar-refractivity contribution in [1.82, 2.24) is 4.37 Å².